The highest BCUT2D eigenvalue weighted by Crippen LogP contribution is 2.25. The van der Waals surface area contributed by atoms with Crippen molar-refractivity contribution in [3.63, 3.8) is 0 Å². The smallest absolute Gasteiger partial charge is 0.338 e. The summed E-state index contributed by atoms with van der Waals surface area (Å²) in [4.78, 5) is 36.5. The molecular weight excluding hydrogens is 431 g/mol. The van der Waals surface area contributed by atoms with Crippen LogP contribution in [0.25, 0.3) is 0 Å². The lowest BCUT2D eigenvalue weighted by molar-refractivity contribution is -0.119. The molecule has 3 aromatic rings. The number of carbonyl (C=O) groups excluding carboxylic acids is 3. The van der Waals surface area contributed by atoms with E-state index in [9.17, 15) is 14.4 Å². The van der Waals surface area contributed by atoms with Crippen LogP contribution in [-0.4, -0.2) is 24.4 Å². The van der Waals surface area contributed by atoms with Crippen LogP contribution in [0.5, 0.6) is 0 Å². The van der Waals surface area contributed by atoms with E-state index >= 15 is 0 Å². The van der Waals surface area contributed by atoms with Crippen molar-refractivity contribution in [1.29, 1.82) is 0 Å². The molecule has 9 heteroatoms. The zero-order valence-electron chi connectivity index (χ0n) is 15.7. The molecule has 0 saturated heterocycles. The van der Waals surface area contributed by atoms with Gasteiger partial charge in [-0.2, -0.15) is 0 Å². The summed E-state index contributed by atoms with van der Waals surface area (Å²) in [6, 6.07) is 12.4. The molecule has 0 aliphatic rings. The van der Waals surface area contributed by atoms with E-state index in [1.165, 1.54) is 30.5 Å². The second-order valence-corrected chi connectivity index (χ2v) is 7.05. The fourth-order valence-electron chi connectivity index (χ4n) is 2.47. The number of ether oxygens (including phenoxy) is 1. The van der Waals surface area contributed by atoms with Gasteiger partial charge in [-0.3, -0.25) is 9.59 Å². The van der Waals surface area contributed by atoms with Crippen molar-refractivity contribution in [1.82, 2.24) is 0 Å². The van der Waals surface area contributed by atoms with Crippen LogP contribution in [0.1, 0.15) is 26.5 Å². The third kappa shape index (κ3) is 5.40. The molecule has 0 fully saturated rings. The minimum absolute atomic E-state index is 0.139. The summed E-state index contributed by atoms with van der Waals surface area (Å²) in [5, 5.41) is 5.89. The number of amides is 2. The average molecular weight is 447 g/mol. The van der Waals surface area contributed by atoms with Crippen LogP contribution < -0.4 is 10.6 Å². The lowest BCUT2D eigenvalue weighted by atomic mass is 10.1. The van der Waals surface area contributed by atoms with Gasteiger partial charge in [-0.25, -0.2) is 4.79 Å². The zero-order valence-corrected chi connectivity index (χ0v) is 17.2. The lowest BCUT2D eigenvalue weighted by Gasteiger charge is -2.11. The first-order valence-electron chi connectivity index (χ1n) is 8.71. The van der Waals surface area contributed by atoms with Crippen molar-refractivity contribution < 1.29 is 23.5 Å². The van der Waals surface area contributed by atoms with Gasteiger partial charge in [0.1, 0.15) is 0 Å². The Morgan fingerprint density at radius 3 is 2.50 bits per heavy atom. The fourth-order valence-corrected chi connectivity index (χ4v) is 2.92. The third-order valence-electron chi connectivity index (χ3n) is 4.01. The molecule has 0 unspecified atom stereocenters. The molecule has 2 amide bonds. The van der Waals surface area contributed by atoms with E-state index < -0.39 is 24.4 Å². The van der Waals surface area contributed by atoms with Gasteiger partial charge in [0, 0.05) is 10.7 Å². The number of hydrogen-bond acceptors (Lipinski definition) is 5. The van der Waals surface area contributed by atoms with Crippen molar-refractivity contribution in [2.45, 2.75) is 6.92 Å². The molecule has 0 spiro atoms. The topological polar surface area (TPSA) is 97.6 Å². The average Bonchev–Trinajstić information content (AvgIpc) is 3.25. The second-order valence-electron chi connectivity index (χ2n) is 6.21. The van der Waals surface area contributed by atoms with Gasteiger partial charge < -0.3 is 19.8 Å². The lowest BCUT2D eigenvalue weighted by Crippen LogP contribution is -2.21. The van der Waals surface area contributed by atoms with Crippen LogP contribution in [0, 0.1) is 6.92 Å². The number of benzene rings is 2. The van der Waals surface area contributed by atoms with Crippen LogP contribution in [0.2, 0.25) is 10.0 Å². The third-order valence-corrected chi connectivity index (χ3v) is 4.55. The molecule has 0 aliphatic carbocycles. The summed E-state index contributed by atoms with van der Waals surface area (Å²) in [7, 11) is 0. The van der Waals surface area contributed by atoms with Crippen LogP contribution in [0.4, 0.5) is 11.4 Å². The highest BCUT2D eigenvalue weighted by Gasteiger charge is 2.15. The van der Waals surface area contributed by atoms with E-state index in [0.717, 1.165) is 5.56 Å². The number of nitrogens with one attached hydrogen (secondary N) is 2. The molecule has 154 valence electrons. The predicted octanol–water partition coefficient (Wildman–Crippen LogP) is 4.94. The van der Waals surface area contributed by atoms with Crippen LogP contribution in [-0.2, 0) is 9.53 Å². The maximum absolute atomic E-state index is 12.3. The van der Waals surface area contributed by atoms with Gasteiger partial charge >= 0.3 is 5.97 Å². The Morgan fingerprint density at radius 2 is 1.80 bits per heavy atom. The van der Waals surface area contributed by atoms with Crippen molar-refractivity contribution in [3.05, 3.63) is 81.7 Å². The Hall–Kier alpha value is -3.29. The van der Waals surface area contributed by atoms with Crippen molar-refractivity contribution >= 4 is 52.4 Å². The summed E-state index contributed by atoms with van der Waals surface area (Å²) < 4.78 is 10.1. The molecule has 0 aliphatic heterocycles. The fraction of sp³-hybridized carbons (Fsp3) is 0.0952. The molecule has 1 aromatic heterocycles. The summed E-state index contributed by atoms with van der Waals surface area (Å²) in [6.07, 6.45) is 1.39. The van der Waals surface area contributed by atoms with Gasteiger partial charge in [-0.1, -0.05) is 29.3 Å². The Balaban J connectivity index is 1.61. The van der Waals surface area contributed by atoms with Crippen LogP contribution in [0.3, 0.4) is 0 Å². The number of rotatable bonds is 6. The Kier molecular flexibility index (Phi) is 6.76. The molecule has 0 saturated carbocycles. The molecule has 1 heterocycles. The first-order chi connectivity index (χ1) is 14.3. The quantitative estimate of drug-likeness (QED) is 0.522. The molecule has 0 bridgehead atoms. The van der Waals surface area contributed by atoms with Gasteiger partial charge in [0.15, 0.2) is 12.4 Å². The first-order valence-corrected chi connectivity index (χ1v) is 9.46. The summed E-state index contributed by atoms with van der Waals surface area (Å²) in [5.41, 5.74) is 1.68. The first kappa shape index (κ1) is 21.4. The maximum atomic E-state index is 12.3. The molecule has 3 rings (SSSR count). The van der Waals surface area contributed by atoms with E-state index in [4.69, 9.17) is 32.4 Å². The van der Waals surface area contributed by atoms with Gasteiger partial charge in [-0.15, -0.1) is 0 Å². The number of carbonyl (C=O) groups is 3. The molecule has 2 N–H and O–H groups in total. The predicted molar refractivity (Wildman–Crippen MR) is 113 cm³/mol. The van der Waals surface area contributed by atoms with E-state index in [-0.39, 0.29) is 16.3 Å². The van der Waals surface area contributed by atoms with Gasteiger partial charge in [0.05, 0.1) is 22.5 Å². The minimum atomic E-state index is -0.721. The Labute approximate surface area is 181 Å². The molecule has 7 nitrogen and oxygen atoms in total. The van der Waals surface area contributed by atoms with Crippen LogP contribution in [0.15, 0.2) is 59.2 Å². The van der Waals surface area contributed by atoms with Crippen LogP contribution >= 0.6 is 23.2 Å². The number of halogens is 2. The minimum Gasteiger partial charge on any atom is -0.459 e. The SMILES string of the molecule is Cc1ccc(C(=O)OCC(=O)Nc2ccc(Cl)cc2Cl)cc1NC(=O)c1ccco1. The van der Waals surface area contributed by atoms with E-state index in [2.05, 4.69) is 10.6 Å². The zero-order chi connectivity index (χ0) is 21.7. The summed E-state index contributed by atoms with van der Waals surface area (Å²) >= 11 is 11.8. The molecule has 0 atom stereocenters. The highest BCUT2D eigenvalue weighted by molar-refractivity contribution is 6.36. The number of aryl methyl sites for hydroxylation is 1. The summed E-state index contributed by atoms with van der Waals surface area (Å²) in [6.45, 7) is 1.26. The number of esters is 1. The van der Waals surface area contributed by atoms with Gasteiger partial charge in [0.25, 0.3) is 11.8 Å². The van der Waals surface area contributed by atoms with Crippen molar-refractivity contribution in [3.8, 4) is 0 Å². The van der Waals surface area contributed by atoms with Crippen molar-refractivity contribution in [2.24, 2.45) is 0 Å². The normalized spacial score (nSPS) is 10.4. The molecule has 0 radical (unpaired) electrons. The van der Waals surface area contributed by atoms with E-state index in [1.807, 2.05) is 0 Å². The highest BCUT2D eigenvalue weighted by atomic mass is 35.5. The maximum Gasteiger partial charge on any atom is 0.338 e. The monoisotopic (exact) mass is 446 g/mol. The van der Waals surface area contributed by atoms with Crippen molar-refractivity contribution in [2.75, 3.05) is 17.2 Å². The van der Waals surface area contributed by atoms with Gasteiger partial charge in [0.2, 0.25) is 0 Å². The van der Waals surface area contributed by atoms with E-state index in [0.29, 0.717) is 16.4 Å². The summed E-state index contributed by atoms with van der Waals surface area (Å²) in [5.74, 6) is -1.60. The second kappa shape index (κ2) is 9.47. The number of anilines is 2. The Bertz CT molecular complexity index is 1100. The largest absolute Gasteiger partial charge is 0.459 e. The standard InChI is InChI=1S/C21H16Cl2N2O5/c1-12-4-5-13(9-17(12)25-20(27)18-3-2-8-29-18)21(28)30-11-19(26)24-16-7-6-14(22)10-15(16)23/h2-10H,11H2,1H3,(H,24,26)(H,25,27). The number of hydrogen-bond donors (Lipinski definition) is 2. The number of furan rings is 1. The molecular formula is C21H16Cl2N2O5. The molecule has 30 heavy (non-hydrogen) atoms. The molecule has 2 aromatic carbocycles. The Morgan fingerprint density at radius 1 is 1.00 bits per heavy atom. The van der Waals surface area contributed by atoms with Gasteiger partial charge in [-0.05, 0) is 55.0 Å². The van der Waals surface area contributed by atoms with E-state index in [1.54, 1.807) is 31.2 Å².